The Morgan fingerprint density at radius 3 is 1.88 bits per heavy atom. The Balaban J connectivity index is 1.88. The fraction of sp³-hybridized carbons (Fsp3) is 0.100. The van der Waals surface area contributed by atoms with E-state index in [0.717, 1.165) is 53.8 Å². The van der Waals surface area contributed by atoms with Crippen LogP contribution in [0.15, 0.2) is 82.6 Å². The molecule has 6 nitrogen and oxygen atoms in total. The number of anilines is 1. The molecule has 0 fully saturated rings. The molecule has 0 radical (unpaired) electrons. The van der Waals surface area contributed by atoms with Gasteiger partial charge in [0.05, 0.1) is 11.3 Å². The second-order valence-electron chi connectivity index (χ2n) is 6.43. The fourth-order valence-electron chi connectivity index (χ4n) is 2.74. The summed E-state index contributed by atoms with van der Waals surface area (Å²) in [5, 5.41) is 0. The summed E-state index contributed by atoms with van der Waals surface area (Å²) in [6, 6.07) is 12.8. The molecule has 0 atom stereocenters. The van der Waals surface area contributed by atoms with Gasteiger partial charge in [0.25, 0.3) is 10.0 Å². The van der Waals surface area contributed by atoms with Crippen molar-refractivity contribution in [3.8, 4) is 5.75 Å². The monoisotopic (exact) mass is 489 g/mol. The Bertz CT molecular complexity index is 1340. The van der Waals surface area contributed by atoms with E-state index in [9.17, 15) is 34.4 Å². The summed E-state index contributed by atoms with van der Waals surface area (Å²) in [6.07, 6.45) is -4.92. The van der Waals surface area contributed by atoms with Crippen LogP contribution >= 0.6 is 0 Å². The number of nitrogens with zero attached hydrogens (tertiary/aromatic N) is 1. The van der Waals surface area contributed by atoms with Crippen LogP contribution < -0.4 is 8.49 Å². The summed E-state index contributed by atoms with van der Waals surface area (Å²) in [5.41, 5.74) is -1.35. The van der Waals surface area contributed by atoms with E-state index in [1.54, 1.807) is 0 Å². The molecule has 0 bridgehead atoms. The highest BCUT2D eigenvalue weighted by Crippen LogP contribution is 2.35. The third kappa shape index (κ3) is 4.70. The van der Waals surface area contributed by atoms with Gasteiger partial charge in [-0.25, -0.2) is 12.8 Å². The Morgan fingerprint density at radius 1 is 0.781 bits per heavy atom. The van der Waals surface area contributed by atoms with Crippen molar-refractivity contribution in [2.24, 2.45) is 0 Å². The highest BCUT2D eigenvalue weighted by atomic mass is 32.2. The smallest absolute Gasteiger partial charge is 0.379 e. The van der Waals surface area contributed by atoms with Crippen molar-refractivity contribution in [3.63, 3.8) is 0 Å². The van der Waals surface area contributed by atoms with Crippen molar-refractivity contribution in [1.29, 1.82) is 0 Å². The van der Waals surface area contributed by atoms with E-state index in [4.69, 9.17) is 4.18 Å². The third-order valence-electron chi connectivity index (χ3n) is 4.34. The lowest BCUT2D eigenvalue weighted by molar-refractivity contribution is -0.139. The topological polar surface area (TPSA) is 80.8 Å². The molecule has 0 unspecified atom stereocenters. The normalized spacial score (nSPS) is 12.4. The molecule has 0 saturated carbocycles. The number of halogens is 4. The van der Waals surface area contributed by atoms with Crippen molar-refractivity contribution < 1.29 is 38.6 Å². The predicted octanol–water partition coefficient (Wildman–Crippen LogP) is 4.44. The van der Waals surface area contributed by atoms with E-state index in [1.807, 2.05) is 0 Å². The lowest BCUT2D eigenvalue weighted by Gasteiger charge is -2.20. The van der Waals surface area contributed by atoms with Crippen LogP contribution in [0.25, 0.3) is 0 Å². The van der Waals surface area contributed by atoms with Gasteiger partial charge in [-0.1, -0.05) is 24.3 Å². The summed E-state index contributed by atoms with van der Waals surface area (Å²) >= 11 is 0. The first-order valence-corrected chi connectivity index (χ1v) is 11.6. The molecule has 0 amide bonds. The molecule has 0 aliphatic heterocycles. The van der Waals surface area contributed by atoms with Gasteiger partial charge in [-0.15, -0.1) is 0 Å². The molecule has 0 aliphatic rings. The number of rotatable bonds is 6. The number of alkyl halides is 3. The number of hydrogen-bond donors (Lipinski definition) is 0. The van der Waals surface area contributed by atoms with Gasteiger partial charge in [-0.05, 0) is 48.5 Å². The average Bonchev–Trinajstić information content (AvgIpc) is 2.73. The molecule has 3 rings (SSSR count). The van der Waals surface area contributed by atoms with Gasteiger partial charge in [0.1, 0.15) is 21.4 Å². The molecule has 3 aromatic rings. The van der Waals surface area contributed by atoms with Crippen molar-refractivity contribution in [3.05, 3.63) is 84.2 Å². The second-order valence-corrected chi connectivity index (χ2v) is 9.88. The van der Waals surface area contributed by atoms with Gasteiger partial charge >= 0.3 is 16.3 Å². The van der Waals surface area contributed by atoms with E-state index in [1.165, 1.54) is 24.3 Å². The first kappa shape index (κ1) is 23.5. The van der Waals surface area contributed by atoms with Crippen molar-refractivity contribution >= 4 is 25.8 Å². The largest absolute Gasteiger partial charge is 0.417 e. The van der Waals surface area contributed by atoms with E-state index >= 15 is 0 Å². The Morgan fingerprint density at radius 2 is 1.31 bits per heavy atom. The van der Waals surface area contributed by atoms with Crippen LogP contribution in [-0.2, 0) is 26.3 Å². The molecular weight excluding hydrogens is 474 g/mol. The molecule has 0 N–H and O–H groups in total. The van der Waals surface area contributed by atoms with Crippen molar-refractivity contribution in [2.75, 3.05) is 11.4 Å². The van der Waals surface area contributed by atoms with Crippen molar-refractivity contribution in [1.82, 2.24) is 0 Å². The van der Waals surface area contributed by atoms with Crippen LogP contribution in [0.5, 0.6) is 5.75 Å². The molecule has 32 heavy (non-hydrogen) atoms. The lowest BCUT2D eigenvalue weighted by Crippen LogP contribution is -2.27. The highest BCUT2D eigenvalue weighted by Gasteiger charge is 2.37. The SMILES string of the molecule is CN(c1ccc(OS(=O)(=O)c2ccccc2C(F)(F)F)cc1)S(=O)(=O)c1ccccc1F. The van der Waals surface area contributed by atoms with Gasteiger partial charge < -0.3 is 4.18 Å². The molecule has 0 aromatic heterocycles. The Labute approximate surface area is 181 Å². The van der Waals surface area contributed by atoms with Crippen LogP contribution in [0.3, 0.4) is 0 Å². The van der Waals surface area contributed by atoms with E-state index in [0.29, 0.717) is 6.07 Å². The van der Waals surface area contributed by atoms with Gasteiger partial charge in [0, 0.05) is 7.05 Å². The van der Waals surface area contributed by atoms with Crippen LogP contribution in [0.2, 0.25) is 0 Å². The summed E-state index contributed by atoms with van der Waals surface area (Å²) < 4.78 is 109. The molecule has 170 valence electrons. The zero-order valence-corrected chi connectivity index (χ0v) is 17.9. The Hall–Kier alpha value is -3.12. The maximum absolute atomic E-state index is 13.9. The lowest BCUT2D eigenvalue weighted by atomic mass is 10.2. The second kappa shape index (κ2) is 8.43. The summed E-state index contributed by atoms with van der Waals surface area (Å²) in [4.78, 5) is -1.62. The Kier molecular flexibility index (Phi) is 6.20. The molecule has 0 spiro atoms. The molecule has 12 heteroatoms. The predicted molar refractivity (Wildman–Crippen MR) is 108 cm³/mol. The molecule has 0 heterocycles. The maximum Gasteiger partial charge on any atom is 0.417 e. The number of benzene rings is 3. The zero-order valence-electron chi connectivity index (χ0n) is 16.2. The summed E-state index contributed by atoms with van der Waals surface area (Å²) in [5.74, 6) is -1.30. The minimum Gasteiger partial charge on any atom is -0.379 e. The molecule has 0 aliphatic carbocycles. The van der Waals surface area contributed by atoms with Crippen LogP contribution in [0.4, 0.5) is 23.2 Å². The van der Waals surface area contributed by atoms with E-state index in [2.05, 4.69) is 0 Å². The third-order valence-corrected chi connectivity index (χ3v) is 7.47. The number of hydrogen-bond acceptors (Lipinski definition) is 5. The van der Waals surface area contributed by atoms with Crippen molar-refractivity contribution in [2.45, 2.75) is 16.0 Å². The van der Waals surface area contributed by atoms with Crippen LogP contribution in [0.1, 0.15) is 5.56 Å². The minimum absolute atomic E-state index is 0.0358. The number of sulfonamides is 1. The fourth-order valence-corrected chi connectivity index (χ4v) is 5.15. The zero-order chi connectivity index (χ0) is 23.7. The van der Waals surface area contributed by atoms with E-state index < -0.39 is 47.5 Å². The van der Waals surface area contributed by atoms with Gasteiger partial charge in [-0.3, -0.25) is 4.31 Å². The first-order chi connectivity index (χ1) is 14.8. The molecule has 3 aromatic carbocycles. The summed E-state index contributed by atoms with van der Waals surface area (Å²) in [7, 11) is -7.94. The molecule has 0 saturated heterocycles. The van der Waals surface area contributed by atoms with Gasteiger partial charge in [0.15, 0.2) is 0 Å². The van der Waals surface area contributed by atoms with Crippen LogP contribution in [0, 0.1) is 5.82 Å². The van der Waals surface area contributed by atoms with Gasteiger partial charge in [0.2, 0.25) is 0 Å². The molecular formula is C20H15F4NO5S2. The van der Waals surface area contributed by atoms with E-state index in [-0.39, 0.29) is 11.4 Å². The maximum atomic E-state index is 13.9. The van der Waals surface area contributed by atoms with Crippen LogP contribution in [-0.4, -0.2) is 23.9 Å². The standard InChI is InChI=1S/C20H15F4NO5S2/c1-25(31(26,27)19-9-5-3-7-17(19)21)14-10-12-15(13-11-14)30-32(28,29)18-8-4-2-6-16(18)20(22,23)24/h2-13H,1H3. The van der Waals surface area contributed by atoms with Gasteiger partial charge in [-0.2, -0.15) is 21.6 Å². The quantitative estimate of drug-likeness (QED) is 0.378. The summed E-state index contributed by atoms with van der Waals surface area (Å²) in [6.45, 7) is 0. The minimum atomic E-state index is -4.92. The average molecular weight is 489 g/mol. The highest BCUT2D eigenvalue weighted by molar-refractivity contribution is 7.92. The first-order valence-electron chi connectivity index (χ1n) is 8.78.